The Kier molecular flexibility index (Phi) is 4.81. The minimum Gasteiger partial charge on any atom is -0.497 e. The van der Waals surface area contributed by atoms with Crippen molar-refractivity contribution in [2.24, 2.45) is 0 Å². The van der Waals surface area contributed by atoms with Crippen LogP contribution >= 0.6 is 11.7 Å². The van der Waals surface area contributed by atoms with Gasteiger partial charge in [-0.1, -0.05) is 18.2 Å². The molecule has 1 fully saturated rings. The number of methoxy groups -OCH3 is 1. The van der Waals surface area contributed by atoms with Gasteiger partial charge in [0, 0.05) is 26.2 Å². The van der Waals surface area contributed by atoms with Crippen molar-refractivity contribution in [2.75, 3.05) is 26.7 Å². The smallest absolute Gasteiger partial charge is 0.237 e. The summed E-state index contributed by atoms with van der Waals surface area (Å²) < 4.78 is 13.8. The Hall–Kier alpha value is -2.51. The summed E-state index contributed by atoms with van der Waals surface area (Å²) in [5, 5.41) is 0. The van der Waals surface area contributed by atoms with Gasteiger partial charge in [0.15, 0.2) is 0 Å². The molecule has 2 heterocycles. The van der Waals surface area contributed by atoms with Crippen molar-refractivity contribution in [3.63, 3.8) is 0 Å². The maximum atomic E-state index is 12.6. The van der Waals surface area contributed by atoms with Crippen molar-refractivity contribution in [2.45, 2.75) is 13.1 Å². The van der Waals surface area contributed by atoms with Crippen LogP contribution in [0.25, 0.3) is 11.0 Å². The molecular formula is C19H20N4O2S. The molecule has 7 heteroatoms. The fourth-order valence-electron chi connectivity index (χ4n) is 3.23. The van der Waals surface area contributed by atoms with Crippen LogP contribution in [0.5, 0.6) is 5.75 Å². The Morgan fingerprint density at radius 3 is 2.73 bits per heavy atom. The third-order valence-corrected chi connectivity index (χ3v) is 5.19. The highest BCUT2D eigenvalue weighted by atomic mass is 32.1. The van der Waals surface area contributed by atoms with E-state index in [1.54, 1.807) is 7.11 Å². The Morgan fingerprint density at radius 1 is 1.04 bits per heavy atom. The van der Waals surface area contributed by atoms with Crippen molar-refractivity contribution in [1.82, 2.24) is 18.5 Å². The molecule has 4 rings (SSSR count). The van der Waals surface area contributed by atoms with Crippen LogP contribution in [-0.4, -0.2) is 51.2 Å². The Bertz CT molecular complexity index is 927. The molecule has 2 aromatic carbocycles. The monoisotopic (exact) mass is 368 g/mol. The highest BCUT2D eigenvalue weighted by Gasteiger charge is 2.24. The van der Waals surface area contributed by atoms with E-state index < -0.39 is 0 Å². The third kappa shape index (κ3) is 3.68. The molecule has 0 bridgehead atoms. The molecule has 6 nitrogen and oxygen atoms in total. The fourth-order valence-corrected chi connectivity index (χ4v) is 3.75. The van der Waals surface area contributed by atoms with Crippen LogP contribution in [-0.2, 0) is 17.9 Å². The summed E-state index contributed by atoms with van der Waals surface area (Å²) in [5.74, 6) is 0.982. The first-order valence-corrected chi connectivity index (χ1v) is 9.28. The highest BCUT2D eigenvalue weighted by Crippen LogP contribution is 2.18. The van der Waals surface area contributed by atoms with Crippen molar-refractivity contribution in [3.05, 3.63) is 53.6 Å². The lowest BCUT2D eigenvalue weighted by molar-refractivity contribution is -0.136. The molecule has 0 aliphatic carbocycles. The number of amides is 1. The van der Waals surface area contributed by atoms with E-state index in [0.29, 0.717) is 13.1 Å². The molecule has 0 N–H and O–H groups in total. The van der Waals surface area contributed by atoms with Gasteiger partial charge in [-0.25, -0.2) is 0 Å². The lowest BCUT2D eigenvalue weighted by Crippen LogP contribution is -2.49. The summed E-state index contributed by atoms with van der Waals surface area (Å²) in [6.45, 7) is 3.42. The number of ether oxygens (including phenoxy) is 1. The zero-order valence-corrected chi connectivity index (χ0v) is 15.4. The zero-order chi connectivity index (χ0) is 17.9. The lowest BCUT2D eigenvalue weighted by Gasteiger charge is -2.34. The first-order valence-electron chi connectivity index (χ1n) is 8.55. The summed E-state index contributed by atoms with van der Waals surface area (Å²) in [7, 11) is 1.65. The van der Waals surface area contributed by atoms with E-state index in [4.69, 9.17) is 4.74 Å². The van der Waals surface area contributed by atoms with E-state index in [2.05, 4.69) is 25.8 Å². The van der Waals surface area contributed by atoms with Gasteiger partial charge in [0.2, 0.25) is 5.91 Å². The van der Waals surface area contributed by atoms with Gasteiger partial charge < -0.3 is 9.64 Å². The summed E-state index contributed by atoms with van der Waals surface area (Å²) in [6.07, 6.45) is 0. The van der Waals surface area contributed by atoms with E-state index >= 15 is 0 Å². The Labute approximate surface area is 156 Å². The number of hydrogen-bond acceptors (Lipinski definition) is 6. The lowest BCUT2D eigenvalue weighted by atomic mass is 10.1. The van der Waals surface area contributed by atoms with Gasteiger partial charge in [0.1, 0.15) is 16.8 Å². The van der Waals surface area contributed by atoms with Crippen molar-refractivity contribution in [3.8, 4) is 5.75 Å². The molecule has 1 saturated heterocycles. The van der Waals surface area contributed by atoms with Gasteiger partial charge >= 0.3 is 0 Å². The van der Waals surface area contributed by atoms with Gasteiger partial charge in [0.05, 0.1) is 25.4 Å². The summed E-state index contributed by atoms with van der Waals surface area (Å²) in [6, 6.07) is 14.0. The quantitative estimate of drug-likeness (QED) is 0.693. The number of fused-ring (bicyclic) bond motifs is 1. The van der Waals surface area contributed by atoms with Crippen LogP contribution in [0.3, 0.4) is 0 Å². The van der Waals surface area contributed by atoms with E-state index in [1.807, 2.05) is 35.2 Å². The molecule has 1 aromatic heterocycles. The second-order valence-electron chi connectivity index (χ2n) is 6.46. The maximum absolute atomic E-state index is 12.6. The number of piperazine rings is 1. The molecule has 0 atom stereocenters. The van der Waals surface area contributed by atoms with E-state index in [-0.39, 0.29) is 5.91 Å². The van der Waals surface area contributed by atoms with Gasteiger partial charge in [-0.3, -0.25) is 9.69 Å². The number of carbonyl (C=O) groups excluding carboxylic acids is 1. The first kappa shape index (κ1) is 16.9. The minimum absolute atomic E-state index is 0.162. The first-order chi connectivity index (χ1) is 12.7. The topological polar surface area (TPSA) is 58.6 Å². The summed E-state index contributed by atoms with van der Waals surface area (Å²) in [4.78, 5) is 16.7. The van der Waals surface area contributed by atoms with Crippen molar-refractivity contribution < 1.29 is 9.53 Å². The van der Waals surface area contributed by atoms with Crippen molar-refractivity contribution in [1.29, 1.82) is 0 Å². The van der Waals surface area contributed by atoms with Crippen LogP contribution in [0.1, 0.15) is 11.1 Å². The number of carbonyl (C=O) groups is 1. The molecule has 26 heavy (non-hydrogen) atoms. The highest BCUT2D eigenvalue weighted by molar-refractivity contribution is 7.00. The normalized spacial score (nSPS) is 15.6. The van der Waals surface area contributed by atoms with Crippen LogP contribution in [0.2, 0.25) is 0 Å². The minimum atomic E-state index is 0.162. The molecule has 134 valence electrons. The maximum Gasteiger partial charge on any atom is 0.237 e. The molecule has 1 aliphatic heterocycles. The standard InChI is InChI=1S/C19H20N4O2S/c1-25-16-4-2-3-14(9-16)12-23-8-7-22(13-19(23)24)11-15-5-6-17-18(10-15)21-26-20-17/h2-6,9-10H,7-8,11-13H2,1H3. The second kappa shape index (κ2) is 7.39. The van der Waals surface area contributed by atoms with Gasteiger partial charge in [0.25, 0.3) is 0 Å². The number of hydrogen-bond donors (Lipinski definition) is 0. The van der Waals surface area contributed by atoms with E-state index in [1.165, 1.54) is 17.3 Å². The number of aromatic nitrogens is 2. The largest absolute Gasteiger partial charge is 0.497 e. The Morgan fingerprint density at radius 2 is 1.88 bits per heavy atom. The third-order valence-electron chi connectivity index (χ3n) is 4.63. The van der Waals surface area contributed by atoms with E-state index in [0.717, 1.165) is 42.0 Å². The molecule has 0 radical (unpaired) electrons. The van der Waals surface area contributed by atoms with E-state index in [9.17, 15) is 4.79 Å². The second-order valence-corrected chi connectivity index (χ2v) is 6.99. The fraction of sp³-hybridized carbons (Fsp3) is 0.316. The zero-order valence-electron chi connectivity index (χ0n) is 14.6. The predicted octanol–water partition coefficient (Wildman–Crippen LogP) is 2.54. The molecule has 1 amide bonds. The average molecular weight is 368 g/mol. The summed E-state index contributed by atoms with van der Waals surface area (Å²) in [5.41, 5.74) is 4.11. The summed E-state index contributed by atoms with van der Waals surface area (Å²) >= 11 is 1.23. The number of nitrogens with zero attached hydrogens (tertiary/aromatic N) is 4. The van der Waals surface area contributed by atoms with Crippen LogP contribution in [0.4, 0.5) is 0 Å². The molecule has 3 aromatic rings. The van der Waals surface area contributed by atoms with Gasteiger partial charge in [-0.05, 0) is 35.4 Å². The van der Waals surface area contributed by atoms with Crippen LogP contribution in [0.15, 0.2) is 42.5 Å². The molecular weight excluding hydrogens is 348 g/mol. The van der Waals surface area contributed by atoms with Gasteiger partial charge in [-0.15, -0.1) is 0 Å². The van der Waals surface area contributed by atoms with Crippen LogP contribution in [0, 0.1) is 0 Å². The van der Waals surface area contributed by atoms with Crippen molar-refractivity contribution >= 4 is 28.7 Å². The van der Waals surface area contributed by atoms with Gasteiger partial charge in [-0.2, -0.15) is 8.75 Å². The molecule has 1 aliphatic rings. The molecule has 0 spiro atoms. The predicted molar refractivity (Wildman–Crippen MR) is 101 cm³/mol. The number of rotatable bonds is 5. The number of benzene rings is 2. The average Bonchev–Trinajstić information content (AvgIpc) is 3.12. The SMILES string of the molecule is COc1cccc(CN2CCN(Cc3ccc4nsnc4c3)CC2=O)c1. The Balaban J connectivity index is 1.37. The van der Waals surface area contributed by atoms with Crippen LogP contribution < -0.4 is 4.74 Å². The molecule has 0 saturated carbocycles. The molecule has 0 unspecified atom stereocenters.